The third kappa shape index (κ3) is 5.51. The highest BCUT2D eigenvalue weighted by molar-refractivity contribution is 5.78. The van der Waals surface area contributed by atoms with Crippen molar-refractivity contribution in [3.63, 3.8) is 0 Å². The van der Waals surface area contributed by atoms with Gasteiger partial charge in [-0.3, -0.25) is 9.59 Å². The van der Waals surface area contributed by atoms with Gasteiger partial charge in [-0.1, -0.05) is 18.2 Å². The Morgan fingerprint density at radius 1 is 1.40 bits per heavy atom. The molecule has 138 valence electrons. The summed E-state index contributed by atoms with van der Waals surface area (Å²) in [4.78, 5) is 25.6. The number of nitrogens with one attached hydrogen (secondary N) is 1. The molecule has 25 heavy (non-hydrogen) atoms. The number of amides is 2. The second kappa shape index (κ2) is 8.92. The fraction of sp³-hybridized carbons (Fsp3) is 0.556. The Kier molecular flexibility index (Phi) is 6.90. The van der Waals surface area contributed by atoms with Gasteiger partial charge in [0.1, 0.15) is 11.4 Å². The van der Waals surface area contributed by atoms with Crippen LogP contribution in [0.1, 0.15) is 18.9 Å². The summed E-state index contributed by atoms with van der Waals surface area (Å²) in [5.74, 6) is -0.539. The van der Waals surface area contributed by atoms with E-state index in [1.54, 1.807) is 23.1 Å². The number of methoxy groups -OCH3 is 1. The van der Waals surface area contributed by atoms with Gasteiger partial charge in [-0.05, 0) is 18.1 Å². The van der Waals surface area contributed by atoms with E-state index < -0.39 is 5.60 Å². The Labute approximate surface area is 147 Å². The molecule has 1 aromatic carbocycles. The Balaban J connectivity index is 1.89. The van der Waals surface area contributed by atoms with Crippen LogP contribution in [0.5, 0.6) is 0 Å². The zero-order chi connectivity index (χ0) is 18.3. The first-order chi connectivity index (χ1) is 12.0. The number of hydrogen-bond acceptors (Lipinski definition) is 4. The summed E-state index contributed by atoms with van der Waals surface area (Å²) in [6, 6.07) is 6.49. The smallest absolute Gasteiger partial charge is 0.223 e. The Hall–Kier alpha value is -1.99. The summed E-state index contributed by atoms with van der Waals surface area (Å²) in [6.45, 7) is 3.24. The number of carbonyl (C=O) groups is 2. The lowest BCUT2D eigenvalue weighted by Gasteiger charge is -2.41. The van der Waals surface area contributed by atoms with Crippen molar-refractivity contribution in [2.45, 2.75) is 25.4 Å². The van der Waals surface area contributed by atoms with Crippen molar-refractivity contribution < 1.29 is 23.5 Å². The predicted molar refractivity (Wildman–Crippen MR) is 90.5 cm³/mol. The molecule has 0 aliphatic carbocycles. The highest BCUT2D eigenvalue weighted by Gasteiger charge is 2.39. The SMILES string of the molecule is COC[C@]1(CC(=O)NCCc2ccccc2F)CN(C(C)=O)CCO1. The van der Waals surface area contributed by atoms with Crippen LogP contribution in [-0.2, 0) is 25.5 Å². The maximum Gasteiger partial charge on any atom is 0.223 e. The van der Waals surface area contributed by atoms with Gasteiger partial charge in [-0.2, -0.15) is 0 Å². The number of halogens is 1. The van der Waals surface area contributed by atoms with Gasteiger partial charge in [0.2, 0.25) is 11.8 Å². The standard InChI is InChI=1S/C18H25FN2O4/c1-14(22)21-9-10-25-18(12-21,13-24-2)11-17(23)20-8-7-15-5-3-4-6-16(15)19/h3-6H,7-13H2,1-2H3,(H,20,23)/t18-/m0/s1. The monoisotopic (exact) mass is 352 g/mol. The van der Waals surface area contributed by atoms with E-state index in [1.165, 1.54) is 20.1 Å². The lowest BCUT2D eigenvalue weighted by atomic mass is 9.97. The molecule has 7 heteroatoms. The van der Waals surface area contributed by atoms with E-state index in [2.05, 4.69) is 5.32 Å². The van der Waals surface area contributed by atoms with E-state index >= 15 is 0 Å². The van der Waals surface area contributed by atoms with Crippen LogP contribution < -0.4 is 5.32 Å². The molecular weight excluding hydrogens is 327 g/mol. The Bertz CT molecular complexity index is 606. The second-order valence-corrected chi connectivity index (χ2v) is 6.27. The Morgan fingerprint density at radius 3 is 2.84 bits per heavy atom. The van der Waals surface area contributed by atoms with Crippen molar-refractivity contribution in [3.05, 3.63) is 35.6 Å². The summed E-state index contributed by atoms with van der Waals surface area (Å²) in [5.41, 5.74) is -0.285. The molecule has 0 aromatic heterocycles. The molecule has 1 aliphatic heterocycles. The number of nitrogens with zero attached hydrogens (tertiary/aromatic N) is 1. The van der Waals surface area contributed by atoms with Crippen LogP contribution in [0.25, 0.3) is 0 Å². The molecule has 0 radical (unpaired) electrons. The highest BCUT2D eigenvalue weighted by Crippen LogP contribution is 2.23. The van der Waals surface area contributed by atoms with Gasteiger partial charge in [-0.15, -0.1) is 0 Å². The zero-order valence-electron chi connectivity index (χ0n) is 14.7. The summed E-state index contributed by atoms with van der Waals surface area (Å²) < 4.78 is 24.6. The molecule has 1 fully saturated rings. The number of ether oxygens (including phenoxy) is 2. The van der Waals surface area contributed by atoms with Gasteiger partial charge in [0.25, 0.3) is 0 Å². The number of rotatable bonds is 7. The zero-order valence-corrected chi connectivity index (χ0v) is 14.7. The minimum absolute atomic E-state index is 0.0521. The first-order valence-electron chi connectivity index (χ1n) is 8.34. The quantitative estimate of drug-likeness (QED) is 0.799. The van der Waals surface area contributed by atoms with Crippen molar-refractivity contribution >= 4 is 11.8 Å². The van der Waals surface area contributed by atoms with Gasteiger partial charge < -0.3 is 19.7 Å². The van der Waals surface area contributed by atoms with Crippen LogP contribution >= 0.6 is 0 Å². The van der Waals surface area contributed by atoms with Gasteiger partial charge in [0, 0.05) is 27.1 Å². The lowest BCUT2D eigenvalue weighted by molar-refractivity contribution is -0.165. The van der Waals surface area contributed by atoms with E-state index in [4.69, 9.17) is 9.47 Å². The predicted octanol–water partition coefficient (Wildman–Crippen LogP) is 1.14. The molecule has 1 heterocycles. The van der Waals surface area contributed by atoms with Gasteiger partial charge >= 0.3 is 0 Å². The van der Waals surface area contributed by atoms with Crippen molar-refractivity contribution in [3.8, 4) is 0 Å². The third-order valence-electron chi connectivity index (χ3n) is 4.26. The van der Waals surface area contributed by atoms with E-state index in [0.717, 1.165) is 0 Å². The topological polar surface area (TPSA) is 67.9 Å². The van der Waals surface area contributed by atoms with Crippen molar-refractivity contribution in [2.24, 2.45) is 0 Å². The van der Waals surface area contributed by atoms with E-state index in [1.807, 2.05) is 0 Å². The molecule has 1 aromatic rings. The van der Waals surface area contributed by atoms with Gasteiger partial charge in [-0.25, -0.2) is 4.39 Å². The second-order valence-electron chi connectivity index (χ2n) is 6.27. The van der Waals surface area contributed by atoms with E-state index in [9.17, 15) is 14.0 Å². The fourth-order valence-corrected chi connectivity index (χ4v) is 3.01. The number of carbonyl (C=O) groups excluding carboxylic acids is 2. The fourth-order valence-electron chi connectivity index (χ4n) is 3.01. The molecule has 1 aliphatic rings. The molecule has 2 amide bonds. The molecule has 6 nitrogen and oxygen atoms in total. The van der Waals surface area contributed by atoms with Crippen molar-refractivity contribution in [2.75, 3.05) is 40.0 Å². The first kappa shape index (κ1) is 19.3. The molecule has 2 rings (SSSR count). The highest BCUT2D eigenvalue weighted by atomic mass is 19.1. The van der Waals surface area contributed by atoms with Crippen molar-refractivity contribution in [1.29, 1.82) is 0 Å². The average Bonchev–Trinajstić information content (AvgIpc) is 2.57. The van der Waals surface area contributed by atoms with Crippen molar-refractivity contribution in [1.82, 2.24) is 10.2 Å². The first-order valence-corrected chi connectivity index (χ1v) is 8.34. The van der Waals surface area contributed by atoms with Crippen LogP contribution in [0.4, 0.5) is 4.39 Å². The maximum atomic E-state index is 13.6. The van der Waals surface area contributed by atoms with E-state index in [-0.39, 0.29) is 30.7 Å². The van der Waals surface area contributed by atoms with Crippen LogP contribution in [0, 0.1) is 5.82 Å². The molecule has 0 unspecified atom stereocenters. The minimum atomic E-state index is -0.846. The van der Waals surface area contributed by atoms with E-state index in [0.29, 0.717) is 38.2 Å². The summed E-state index contributed by atoms with van der Waals surface area (Å²) in [6.07, 6.45) is 0.498. The number of benzene rings is 1. The molecule has 1 N–H and O–H groups in total. The number of hydrogen-bond donors (Lipinski definition) is 1. The van der Waals surface area contributed by atoms with Crippen LogP contribution in [-0.4, -0.2) is 62.3 Å². The molecular formula is C18H25FN2O4. The third-order valence-corrected chi connectivity index (χ3v) is 4.26. The average molecular weight is 352 g/mol. The minimum Gasteiger partial charge on any atom is -0.382 e. The largest absolute Gasteiger partial charge is 0.382 e. The molecule has 0 saturated carbocycles. The molecule has 0 bridgehead atoms. The summed E-state index contributed by atoms with van der Waals surface area (Å²) >= 11 is 0. The number of morpholine rings is 1. The normalized spacial score (nSPS) is 20.4. The summed E-state index contributed by atoms with van der Waals surface area (Å²) in [5, 5.41) is 2.79. The van der Waals surface area contributed by atoms with Gasteiger partial charge in [0.15, 0.2) is 0 Å². The van der Waals surface area contributed by atoms with Crippen LogP contribution in [0.2, 0.25) is 0 Å². The molecule has 1 atom stereocenters. The molecule has 0 spiro atoms. The summed E-state index contributed by atoms with van der Waals surface area (Å²) in [7, 11) is 1.54. The maximum absolute atomic E-state index is 13.6. The van der Waals surface area contributed by atoms with Crippen LogP contribution in [0.15, 0.2) is 24.3 Å². The Morgan fingerprint density at radius 2 is 2.16 bits per heavy atom. The molecule has 1 saturated heterocycles. The lowest BCUT2D eigenvalue weighted by Crippen LogP contribution is -2.57. The van der Waals surface area contributed by atoms with Crippen LogP contribution in [0.3, 0.4) is 0 Å². The van der Waals surface area contributed by atoms with Gasteiger partial charge in [0.05, 0.1) is 26.2 Å².